The van der Waals surface area contributed by atoms with Gasteiger partial charge in [0.1, 0.15) is 11.5 Å². The Labute approximate surface area is 210 Å². The third kappa shape index (κ3) is 4.46. The molecule has 4 heteroatoms. The van der Waals surface area contributed by atoms with Crippen LogP contribution in [0.15, 0.2) is 84.9 Å². The van der Waals surface area contributed by atoms with Gasteiger partial charge in [0.05, 0.1) is 11.1 Å². The summed E-state index contributed by atoms with van der Waals surface area (Å²) in [5.74, 6) is 0.0157. The van der Waals surface area contributed by atoms with Crippen LogP contribution >= 0.6 is 0 Å². The molecule has 0 bridgehead atoms. The van der Waals surface area contributed by atoms with E-state index in [9.17, 15) is 9.59 Å². The van der Waals surface area contributed by atoms with E-state index < -0.39 is 11.9 Å². The van der Waals surface area contributed by atoms with Crippen molar-refractivity contribution >= 4 is 33.5 Å². The Morgan fingerprint density at radius 2 is 0.778 bits per heavy atom. The second-order valence-electron chi connectivity index (χ2n) is 9.27. The molecule has 0 saturated carbocycles. The number of esters is 2. The molecule has 4 nitrogen and oxygen atoms in total. The molecule has 0 fully saturated rings. The Kier molecular flexibility index (Phi) is 6.03. The monoisotopic (exact) mass is 474 g/mol. The van der Waals surface area contributed by atoms with Crippen LogP contribution in [0, 0.1) is 27.7 Å². The van der Waals surface area contributed by atoms with Crippen molar-refractivity contribution in [2.45, 2.75) is 27.7 Å². The minimum atomic E-state index is -0.441. The van der Waals surface area contributed by atoms with Crippen molar-refractivity contribution in [2.75, 3.05) is 0 Å². The van der Waals surface area contributed by atoms with Crippen LogP contribution in [0.4, 0.5) is 0 Å². The first kappa shape index (κ1) is 23.3. The molecule has 5 aromatic rings. The maximum atomic E-state index is 13.1. The summed E-state index contributed by atoms with van der Waals surface area (Å²) in [4.78, 5) is 26.3. The van der Waals surface area contributed by atoms with E-state index in [4.69, 9.17) is 9.47 Å². The predicted octanol–water partition coefficient (Wildman–Crippen LogP) is 7.67. The molecule has 0 atom stereocenters. The number of hydrogen-bond acceptors (Lipinski definition) is 4. The second kappa shape index (κ2) is 9.31. The van der Waals surface area contributed by atoms with Crippen molar-refractivity contribution in [3.05, 3.63) is 118 Å². The first-order valence-electron chi connectivity index (χ1n) is 11.8. The lowest BCUT2D eigenvalue weighted by molar-refractivity contribution is 0.0726. The lowest BCUT2D eigenvalue weighted by Crippen LogP contribution is -2.11. The third-order valence-electron chi connectivity index (χ3n) is 6.29. The van der Waals surface area contributed by atoms with E-state index in [0.717, 1.165) is 22.3 Å². The van der Waals surface area contributed by atoms with Crippen LogP contribution in [0.3, 0.4) is 0 Å². The van der Waals surface area contributed by atoms with Crippen LogP contribution in [-0.2, 0) is 0 Å². The van der Waals surface area contributed by atoms with Gasteiger partial charge in [0.2, 0.25) is 0 Å². The molecular weight excluding hydrogens is 448 g/mol. The summed E-state index contributed by atoms with van der Waals surface area (Å²) in [6.07, 6.45) is 0. The van der Waals surface area contributed by atoms with Gasteiger partial charge in [0.15, 0.2) is 0 Å². The summed E-state index contributed by atoms with van der Waals surface area (Å²) in [6.45, 7) is 7.89. The van der Waals surface area contributed by atoms with Gasteiger partial charge in [-0.1, -0.05) is 70.8 Å². The Hall–Kier alpha value is -4.44. The van der Waals surface area contributed by atoms with Crippen LogP contribution in [0.2, 0.25) is 0 Å². The zero-order chi connectivity index (χ0) is 25.4. The largest absolute Gasteiger partial charge is 0.422 e. The first-order valence-corrected chi connectivity index (χ1v) is 11.8. The van der Waals surface area contributed by atoms with Crippen LogP contribution in [0.1, 0.15) is 43.0 Å². The fourth-order valence-electron chi connectivity index (χ4n) is 4.28. The first-order chi connectivity index (χ1) is 17.3. The van der Waals surface area contributed by atoms with Gasteiger partial charge in [-0.05, 0) is 64.1 Å². The number of benzene rings is 5. The third-order valence-corrected chi connectivity index (χ3v) is 6.29. The fraction of sp³-hybridized carbons (Fsp3) is 0.125. The van der Waals surface area contributed by atoms with E-state index in [1.54, 1.807) is 24.3 Å². The van der Waals surface area contributed by atoms with Gasteiger partial charge in [0.25, 0.3) is 0 Å². The number of hydrogen-bond donors (Lipinski definition) is 0. The molecular formula is C32H26O4. The van der Waals surface area contributed by atoms with E-state index in [1.807, 2.05) is 88.4 Å². The van der Waals surface area contributed by atoms with Gasteiger partial charge in [-0.25, -0.2) is 9.59 Å². The summed E-state index contributed by atoms with van der Waals surface area (Å²) < 4.78 is 12.1. The molecule has 36 heavy (non-hydrogen) atoms. The minimum Gasteiger partial charge on any atom is -0.422 e. The van der Waals surface area contributed by atoms with E-state index >= 15 is 0 Å². The molecule has 0 heterocycles. The summed E-state index contributed by atoms with van der Waals surface area (Å²) in [5, 5.41) is 2.81. The Bertz CT molecular complexity index is 1500. The zero-order valence-corrected chi connectivity index (χ0v) is 20.7. The molecule has 0 unspecified atom stereocenters. The van der Waals surface area contributed by atoms with Crippen molar-refractivity contribution in [2.24, 2.45) is 0 Å². The number of carbonyl (C=O) groups is 2. The molecule has 5 aromatic carbocycles. The van der Waals surface area contributed by atoms with Gasteiger partial charge in [-0.2, -0.15) is 0 Å². The standard InChI is InChI=1S/C32H26O4/c1-19-5-11-23(12-6-19)31(33)35-29-25-15-9-22(4)18-28(25)30(26-16-10-21(3)17-27(26)29)36-32(34)24-13-7-20(2)8-14-24/h5-18H,1-4H3. The normalized spacial score (nSPS) is 11.0. The maximum absolute atomic E-state index is 13.1. The van der Waals surface area contributed by atoms with Crippen LogP contribution in [0.5, 0.6) is 11.5 Å². The molecule has 0 saturated heterocycles. The Morgan fingerprint density at radius 3 is 1.14 bits per heavy atom. The SMILES string of the molecule is Cc1ccc(C(=O)Oc2c3ccc(C)cc3c(OC(=O)c3ccc(C)cc3)c3ccc(C)cc23)cc1. The molecule has 0 aliphatic rings. The topological polar surface area (TPSA) is 52.6 Å². The predicted molar refractivity (Wildman–Crippen MR) is 143 cm³/mol. The second-order valence-corrected chi connectivity index (χ2v) is 9.27. The highest BCUT2D eigenvalue weighted by atomic mass is 16.5. The van der Waals surface area contributed by atoms with E-state index in [2.05, 4.69) is 0 Å². The number of carbonyl (C=O) groups excluding carboxylic acids is 2. The van der Waals surface area contributed by atoms with Crippen LogP contribution in [0.25, 0.3) is 21.5 Å². The maximum Gasteiger partial charge on any atom is 0.343 e. The highest BCUT2D eigenvalue weighted by Gasteiger charge is 2.22. The summed E-state index contributed by atoms with van der Waals surface area (Å²) in [7, 11) is 0. The smallest absolute Gasteiger partial charge is 0.343 e. The molecule has 0 radical (unpaired) electrons. The highest BCUT2D eigenvalue weighted by Crippen LogP contribution is 2.44. The van der Waals surface area contributed by atoms with Gasteiger partial charge < -0.3 is 9.47 Å². The Balaban J connectivity index is 1.69. The van der Waals surface area contributed by atoms with Gasteiger partial charge in [-0.15, -0.1) is 0 Å². The van der Waals surface area contributed by atoms with Crippen molar-refractivity contribution in [3.8, 4) is 11.5 Å². The van der Waals surface area contributed by atoms with Crippen molar-refractivity contribution in [1.82, 2.24) is 0 Å². The van der Waals surface area contributed by atoms with Gasteiger partial charge >= 0.3 is 11.9 Å². The minimum absolute atomic E-state index is 0.441. The number of aryl methyl sites for hydroxylation is 4. The number of rotatable bonds is 4. The molecule has 178 valence electrons. The quantitative estimate of drug-likeness (QED) is 0.152. The van der Waals surface area contributed by atoms with Gasteiger partial charge in [-0.3, -0.25) is 0 Å². The molecule has 0 amide bonds. The van der Waals surface area contributed by atoms with Crippen molar-refractivity contribution < 1.29 is 19.1 Å². The average Bonchev–Trinajstić information content (AvgIpc) is 2.86. The molecule has 0 aromatic heterocycles. The number of ether oxygens (including phenoxy) is 2. The Morgan fingerprint density at radius 1 is 0.444 bits per heavy atom. The summed E-state index contributed by atoms with van der Waals surface area (Å²) in [6, 6.07) is 26.2. The van der Waals surface area contributed by atoms with Crippen molar-refractivity contribution in [3.63, 3.8) is 0 Å². The zero-order valence-electron chi connectivity index (χ0n) is 20.7. The highest BCUT2D eigenvalue weighted by molar-refractivity contribution is 6.14. The molecule has 0 spiro atoms. The number of fused-ring (bicyclic) bond motifs is 2. The molecule has 5 rings (SSSR count). The van der Waals surface area contributed by atoms with Gasteiger partial charge in [0, 0.05) is 21.5 Å². The van der Waals surface area contributed by atoms with Crippen LogP contribution < -0.4 is 9.47 Å². The molecule has 0 aliphatic heterocycles. The van der Waals surface area contributed by atoms with Crippen LogP contribution in [-0.4, -0.2) is 11.9 Å². The summed E-state index contributed by atoms with van der Waals surface area (Å²) >= 11 is 0. The average molecular weight is 475 g/mol. The van der Waals surface area contributed by atoms with E-state index in [1.165, 1.54) is 0 Å². The lowest BCUT2D eigenvalue weighted by atomic mass is 9.97. The van der Waals surface area contributed by atoms with E-state index in [0.29, 0.717) is 44.2 Å². The van der Waals surface area contributed by atoms with E-state index in [-0.39, 0.29) is 0 Å². The molecule has 0 aliphatic carbocycles. The summed E-state index contributed by atoms with van der Waals surface area (Å²) in [5.41, 5.74) is 5.06. The molecule has 0 N–H and O–H groups in total. The fourth-order valence-corrected chi connectivity index (χ4v) is 4.28. The lowest BCUT2D eigenvalue weighted by Gasteiger charge is -2.17. The van der Waals surface area contributed by atoms with Crippen molar-refractivity contribution in [1.29, 1.82) is 0 Å².